The summed E-state index contributed by atoms with van der Waals surface area (Å²) in [4.78, 5) is 24.2. The summed E-state index contributed by atoms with van der Waals surface area (Å²) < 4.78 is 26.5. The number of anilines is 1. The molecular formula is C13H6ClF2N3O2. The molecule has 3 rings (SSSR count). The highest BCUT2D eigenvalue weighted by Gasteiger charge is 2.33. The lowest BCUT2D eigenvalue weighted by Gasteiger charge is -2.16. The molecule has 0 saturated heterocycles. The van der Waals surface area contributed by atoms with Crippen molar-refractivity contribution in [2.45, 2.75) is 0 Å². The van der Waals surface area contributed by atoms with Gasteiger partial charge in [0.2, 0.25) is 11.6 Å². The van der Waals surface area contributed by atoms with Gasteiger partial charge in [0.1, 0.15) is 28.1 Å². The maximum atomic E-state index is 13.6. The van der Waals surface area contributed by atoms with Crippen LogP contribution in [0.2, 0.25) is 0 Å². The summed E-state index contributed by atoms with van der Waals surface area (Å²) in [7, 11) is 0. The Bertz CT molecular complexity index is 813. The van der Waals surface area contributed by atoms with E-state index in [-0.39, 0.29) is 27.7 Å². The predicted octanol–water partition coefficient (Wildman–Crippen LogP) is 2.63. The summed E-state index contributed by atoms with van der Waals surface area (Å²) in [5, 5.41) is 8.03. The predicted molar refractivity (Wildman–Crippen MR) is 70.1 cm³/mol. The molecule has 0 spiro atoms. The highest BCUT2D eigenvalue weighted by Crippen LogP contribution is 2.29. The van der Waals surface area contributed by atoms with Gasteiger partial charge in [0, 0.05) is 6.07 Å². The van der Waals surface area contributed by atoms with Crippen LogP contribution in [0.25, 0.3) is 0 Å². The first-order chi connectivity index (χ1) is 9.99. The fourth-order valence-corrected chi connectivity index (χ4v) is 2.15. The lowest BCUT2D eigenvalue weighted by atomic mass is 9.99. The summed E-state index contributed by atoms with van der Waals surface area (Å²) in [6, 6.07) is 2.76. The number of nitrogens with one attached hydrogen (secondary N) is 2. The Hall–Kier alpha value is -2.54. The van der Waals surface area contributed by atoms with Gasteiger partial charge in [0.05, 0.1) is 17.4 Å². The SMILES string of the molecule is O=C1C(Nc2ccc(F)cc2F)=C(Cl)C(=O)c2[nH]ncc21. The summed E-state index contributed by atoms with van der Waals surface area (Å²) in [6.07, 6.45) is 1.18. The molecule has 1 aromatic heterocycles. The molecular weight excluding hydrogens is 304 g/mol. The number of benzene rings is 1. The first-order valence-corrected chi connectivity index (χ1v) is 6.11. The Balaban J connectivity index is 2.04. The van der Waals surface area contributed by atoms with E-state index in [1.807, 2.05) is 0 Å². The van der Waals surface area contributed by atoms with Gasteiger partial charge >= 0.3 is 0 Å². The van der Waals surface area contributed by atoms with Crippen molar-refractivity contribution >= 4 is 28.9 Å². The third-order valence-electron chi connectivity index (χ3n) is 2.95. The molecule has 2 aromatic rings. The van der Waals surface area contributed by atoms with E-state index in [0.29, 0.717) is 6.07 Å². The molecule has 0 aliphatic heterocycles. The van der Waals surface area contributed by atoms with Crippen LogP contribution in [0.15, 0.2) is 35.1 Å². The largest absolute Gasteiger partial charge is 0.349 e. The number of carbonyl (C=O) groups is 2. The van der Waals surface area contributed by atoms with Crippen molar-refractivity contribution in [3.63, 3.8) is 0 Å². The van der Waals surface area contributed by atoms with Gasteiger partial charge in [-0.15, -0.1) is 0 Å². The second-order valence-corrected chi connectivity index (χ2v) is 4.63. The Morgan fingerprint density at radius 2 is 1.95 bits per heavy atom. The van der Waals surface area contributed by atoms with Crippen LogP contribution in [0.1, 0.15) is 20.8 Å². The number of hydrogen-bond acceptors (Lipinski definition) is 4. The number of rotatable bonds is 2. The highest BCUT2D eigenvalue weighted by atomic mass is 35.5. The zero-order valence-corrected chi connectivity index (χ0v) is 11.0. The summed E-state index contributed by atoms with van der Waals surface area (Å²) in [5.74, 6) is -2.91. The summed E-state index contributed by atoms with van der Waals surface area (Å²) in [6.45, 7) is 0. The number of aromatic nitrogens is 2. The fourth-order valence-electron chi connectivity index (χ4n) is 1.93. The Morgan fingerprint density at radius 1 is 1.19 bits per heavy atom. The van der Waals surface area contributed by atoms with Crippen LogP contribution in [0, 0.1) is 11.6 Å². The zero-order valence-electron chi connectivity index (χ0n) is 10.2. The lowest BCUT2D eigenvalue weighted by Crippen LogP contribution is -2.24. The fraction of sp³-hybridized carbons (Fsp3) is 0. The van der Waals surface area contributed by atoms with Gasteiger partial charge in [0.25, 0.3) is 0 Å². The number of Topliss-reactive ketones (excluding diaryl/α,β-unsaturated/α-hetero) is 2. The van der Waals surface area contributed by atoms with E-state index in [9.17, 15) is 18.4 Å². The zero-order chi connectivity index (χ0) is 15.1. The van der Waals surface area contributed by atoms with E-state index >= 15 is 0 Å². The van der Waals surface area contributed by atoms with Crippen LogP contribution in [0.3, 0.4) is 0 Å². The number of carbonyl (C=O) groups excluding carboxylic acids is 2. The van der Waals surface area contributed by atoms with Crippen molar-refractivity contribution < 1.29 is 18.4 Å². The molecule has 2 N–H and O–H groups in total. The first kappa shape index (κ1) is 13.4. The minimum Gasteiger partial charge on any atom is -0.349 e. The lowest BCUT2D eigenvalue weighted by molar-refractivity contribution is 0.0979. The van der Waals surface area contributed by atoms with Gasteiger partial charge in [-0.05, 0) is 12.1 Å². The minimum absolute atomic E-state index is 0.0184. The van der Waals surface area contributed by atoms with Crippen molar-refractivity contribution in [3.05, 3.63) is 58.0 Å². The average Bonchev–Trinajstić information content (AvgIpc) is 2.93. The number of fused-ring (bicyclic) bond motifs is 1. The van der Waals surface area contributed by atoms with E-state index < -0.39 is 23.2 Å². The average molecular weight is 310 g/mol. The highest BCUT2D eigenvalue weighted by molar-refractivity contribution is 6.50. The maximum Gasteiger partial charge on any atom is 0.225 e. The van der Waals surface area contributed by atoms with Crippen LogP contribution in [0.5, 0.6) is 0 Å². The molecule has 0 amide bonds. The first-order valence-electron chi connectivity index (χ1n) is 5.73. The number of hydrogen-bond donors (Lipinski definition) is 2. The molecule has 0 atom stereocenters. The molecule has 0 radical (unpaired) electrons. The third-order valence-corrected chi connectivity index (χ3v) is 3.31. The van der Waals surface area contributed by atoms with Crippen molar-refractivity contribution in [1.82, 2.24) is 10.2 Å². The molecule has 0 unspecified atom stereocenters. The van der Waals surface area contributed by atoms with Crippen molar-refractivity contribution in [2.24, 2.45) is 0 Å². The van der Waals surface area contributed by atoms with Gasteiger partial charge in [-0.3, -0.25) is 14.7 Å². The van der Waals surface area contributed by atoms with Gasteiger partial charge < -0.3 is 5.32 Å². The van der Waals surface area contributed by atoms with E-state index in [4.69, 9.17) is 11.6 Å². The van der Waals surface area contributed by atoms with Gasteiger partial charge in [-0.2, -0.15) is 5.10 Å². The number of H-pyrrole nitrogens is 1. The standard InChI is InChI=1S/C13H6ClF2N3O2/c14-9-11(18-8-2-1-5(15)3-7(8)16)12(20)6-4-17-19-10(6)13(9)21/h1-4,18H,(H,17,19). The van der Waals surface area contributed by atoms with Crippen molar-refractivity contribution in [1.29, 1.82) is 0 Å². The van der Waals surface area contributed by atoms with E-state index in [1.165, 1.54) is 6.20 Å². The van der Waals surface area contributed by atoms with Crippen LogP contribution in [-0.4, -0.2) is 21.8 Å². The van der Waals surface area contributed by atoms with Crippen molar-refractivity contribution in [2.75, 3.05) is 5.32 Å². The van der Waals surface area contributed by atoms with Crippen molar-refractivity contribution in [3.8, 4) is 0 Å². The Labute approximate surface area is 121 Å². The Morgan fingerprint density at radius 3 is 2.67 bits per heavy atom. The van der Waals surface area contributed by atoms with E-state index in [1.54, 1.807) is 0 Å². The van der Waals surface area contributed by atoms with Crippen LogP contribution in [0.4, 0.5) is 14.5 Å². The summed E-state index contributed by atoms with van der Waals surface area (Å²) in [5.41, 5.74) is -0.428. The maximum absolute atomic E-state index is 13.6. The molecule has 0 bridgehead atoms. The molecule has 21 heavy (non-hydrogen) atoms. The smallest absolute Gasteiger partial charge is 0.225 e. The molecule has 0 fully saturated rings. The van der Waals surface area contributed by atoms with Gasteiger partial charge in [-0.25, -0.2) is 8.78 Å². The second kappa shape index (κ2) is 4.78. The quantitative estimate of drug-likeness (QED) is 0.894. The molecule has 8 heteroatoms. The number of ketones is 2. The minimum atomic E-state index is -0.912. The normalized spacial score (nSPS) is 14.4. The van der Waals surface area contributed by atoms with E-state index in [0.717, 1.165) is 12.1 Å². The van der Waals surface area contributed by atoms with Crippen LogP contribution < -0.4 is 5.32 Å². The molecule has 1 aliphatic carbocycles. The molecule has 1 aliphatic rings. The topological polar surface area (TPSA) is 74.8 Å². The monoisotopic (exact) mass is 309 g/mol. The Kier molecular flexibility index (Phi) is 3.06. The molecule has 5 nitrogen and oxygen atoms in total. The molecule has 0 saturated carbocycles. The molecule has 1 heterocycles. The van der Waals surface area contributed by atoms with Gasteiger partial charge in [-0.1, -0.05) is 11.6 Å². The van der Waals surface area contributed by atoms with Crippen LogP contribution >= 0.6 is 11.6 Å². The third kappa shape index (κ3) is 2.11. The van der Waals surface area contributed by atoms with Crippen LogP contribution in [-0.2, 0) is 0 Å². The number of aromatic amines is 1. The second-order valence-electron chi connectivity index (χ2n) is 4.26. The molecule has 106 valence electrons. The van der Waals surface area contributed by atoms with E-state index in [2.05, 4.69) is 15.5 Å². The number of halogens is 3. The van der Waals surface area contributed by atoms with Gasteiger partial charge in [0.15, 0.2) is 0 Å². The number of allylic oxidation sites excluding steroid dienone is 2. The summed E-state index contributed by atoms with van der Waals surface area (Å²) >= 11 is 5.85. The molecule has 1 aromatic carbocycles. The number of nitrogens with zero attached hydrogens (tertiary/aromatic N) is 1.